The van der Waals surface area contributed by atoms with Crippen molar-refractivity contribution in [2.45, 2.75) is 25.6 Å². The number of benzene rings is 3. The molecule has 0 saturated carbocycles. The normalized spacial score (nSPS) is 14.8. The summed E-state index contributed by atoms with van der Waals surface area (Å²) in [6, 6.07) is 29.4. The number of nitrogens with zero attached hydrogens (tertiary/aromatic N) is 3. The molecule has 0 N–H and O–H groups in total. The Balaban J connectivity index is 1.50. The smallest absolute Gasteiger partial charge is 0.241 e. The van der Waals surface area contributed by atoms with Crippen LogP contribution in [0.4, 0.5) is 0 Å². The first kappa shape index (κ1) is 22.9. The van der Waals surface area contributed by atoms with Crippen molar-refractivity contribution in [3.63, 3.8) is 0 Å². The molecule has 3 aromatic carbocycles. The van der Waals surface area contributed by atoms with Crippen LogP contribution < -0.4 is 14.2 Å². The molecule has 4 aromatic rings. The van der Waals surface area contributed by atoms with Gasteiger partial charge in [0.1, 0.15) is 12.4 Å². The minimum Gasteiger partial charge on any atom is -0.492 e. The Morgan fingerprint density at radius 3 is 2.11 bits per heavy atom. The van der Waals surface area contributed by atoms with Gasteiger partial charge in [0.15, 0.2) is 0 Å². The lowest BCUT2D eigenvalue weighted by Gasteiger charge is -2.36. The molecule has 1 aliphatic rings. The van der Waals surface area contributed by atoms with Crippen LogP contribution in [0.5, 0.6) is 17.5 Å². The third kappa shape index (κ3) is 5.12. The highest BCUT2D eigenvalue weighted by Crippen LogP contribution is 2.39. The lowest BCUT2D eigenvalue weighted by atomic mass is 9.92. The molecule has 1 aromatic heterocycles. The maximum Gasteiger partial charge on any atom is 0.241 e. The van der Waals surface area contributed by atoms with E-state index in [0.717, 1.165) is 42.0 Å². The van der Waals surface area contributed by atoms with Gasteiger partial charge in [-0.15, -0.1) is 10.2 Å². The van der Waals surface area contributed by atoms with E-state index in [2.05, 4.69) is 81.8 Å². The van der Waals surface area contributed by atoms with E-state index in [0.29, 0.717) is 18.4 Å². The molecular weight excluding hydrogens is 438 g/mol. The first-order valence-corrected chi connectivity index (χ1v) is 11.8. The van der Waals surface area contributed by atoms with Crippen molar-refractivity contribution < 1.29 is 14.2 Å². The molecule has 0 fully saturated rings. The van der Waals surface area contributed by atoms with Crippen molar-refractivity contribution in [1.82, 2.24) is 15.1 Å². The van der Waals surface area contributed by atoms with Gasteiger partial charge in [-0.05, 0) is 29.2 Å². The summed E-state index contributed by atoms with van der Waals surface area (Å²) in [4.78, 5) is 2.51. The summed E-state index contributed by atoms with van der Waals surface area (Å²) in [6.45, 7) is 2.32. The minimum atomic E-state index is 0.201. The summed E-state index contributed by atoms with van der Waals surface area (Å²) in [6.07, 6.45) is 0.846. The van der Waals surface area contributed by atoms with Crippen LogP contribution in [0.1, 0.15) is 16.7 Å². The third-order valence-electron chi connectivity index (χ3n) is 6.41. The Bertz CT molecular complexity index is 1220. The zero-order valence-corrected chi connectivity index (χ0v) is 20.1. The summed E-state index contributed by atoms with van der Waals surface area (Å²) in [5.41, 5.74) is 5.58. The molecule has 5 rings (SSSR count). The van der Waals surface area contributed by atoms with Crippen LogP contribution in [0.3, 0.4) is 0 Å². The lowest BCUT2D eigenvalue weighted by molar-refractivity contribution is 0.106. The van der Waals surface area contributed by atoms with Gasteiger partial charge in [0, 0.05) is 30.8 Å². The van der Waals surface area contributed by atoms with Crippen LogP contribution in [0, 0.1) is 0 Å². The maximum absolute atomic E-state index is 6.33. The van der Waals surface area contributed by atoms with Crippen molar-refractivity contribution >= 4 is 0 Å². The topological polar surface area (TPSA) is 56.7 Å². The molecule has 1 unspecified atom stereocenters. The highest BCUT2D eigenvalue weighted by Gasteiger charge is 2.29. The van der Waals surface area contributed by atoms with Crippen LogP contribution >= 0.6 is 0 Å². The van der Waals surface area contributed by atoms with Crippen molar-refractivity contribution in [3.8, 4) is 28.6 Å². The van der Waals surface area contributed by atoms with Gasteiger partial charge in [-0.3, -0.25) is 4.90 Å². The SMILES string of the molecule is COc1cc(-c2cccc3c2CC(N(Cc2ccccc2)Cc2ccccc2)CO3)c(OC)nn1. The minimum absolute atomic E-state index is 0.201. The molecule has 0 spiro atoms. The van der Waals surface area contributed by atoms with E-state index < -0.39 is 0 Å². The average Bonchev–Trinajstić information content (AvgIpc) is 2.93. The number of methoxy groups -OCH3 is 2. The van der Waals surface area contributed by atoms with Crippen LogP contribution in [-0.2, 0) is 19.5 Å². The number of ether oxygens (including phenoxy) is 3. The van der Waals surface area contributed by atoms with Gasteiger partial charge in [-0.25, -0.2) is 0 Å². The van der Waals surface area contributed by atoms with E-state index in [1.165, 1.54) is 11.1 Å². The largest absolute Gasteiger partial charge is 0.492 e. The van der Waals surface area contributed by atoms with E-state index in [-0.39, 0.29) is 6.04 Å². The van der Waals surface area contributed by atoms with Gasteiger partial charge >= 0.3 is 0 Å². The zero-order chi connectivity index (χ0) is 24.0. The predicted octanol–water partition coefficient (Wildman–Crippen LogP) is 5.17. The average molecular weight is 468 g/mol. The fourth-order valence-electron chi connectivity index (χ4n) is 4.63. The van der Waals surface area contributed by atoms with Crippen molar-refractivity contribution in [1.29, 1.82) is 0 Å². The molecule has 0 saturated heterocycles. The molecule has 6 heteroatoms. The molecule has 0 amide bonds. The molecule has 0 radical (unpaired) electrons. The first-order valence-electron chi connectivity index (χ1n) is 11.8. The summed E-state index contributed by atoms with van der Waals surface area (Å²) in [5, 5.41) is 8.28. The van der Waals surface area contributed by atoms with Gasteiger partial charge in [-0.1, -0.05) is 72.8 Å². The highest BCUT2D eigenvalue weighted by molar-refractivity contribution is 5.75. The monoisotopic (exact) mass is 467 g/mol. The van der Waals surface area contributed by atoms with E-state index in [1.807, 2.05) is 18.2 Å². The standard InChI is InChI=1S/C29H29N3O3/c1-33-28-17-26(29(34-2)31-30-28)24-14-9-15-27-25(24)16-23(20-35-27)32(18-21-10-5-3-6-11-21)19-22-12-7-4-8-13-22/h3-15,17,23H,16,18-20H2,1-2H3. The van der Waals surface area contributed by atoms with Crippen molar-refractivity contribution in [3.05, 3.63) is 102 Å². The van der Waals surface area contributed by atoms with Gasteiger partial charge < -0.3 is 14.2 Å². The van der Waals surface area contributed by atoms with E-state index in [9.17, 15) is 0 Å². The number of aromatic nitrogens is 2. The molecule has 0 aliphatic carbocycles. The van der Waals surface area contributed by atoms with Gasteiger partial charge in [0.2, 0.25) is 11.8 Å². The van der Waals surface area contributed by atoms with E-state index in [4.69, 9.17) is 14.2 Å². The Morgan fingerprint density at radius 1 is 0.800 bits per heavy atom. The van der Waals surface area contributed by atoms with E-state index in [1.54, 1.807) is 14.2 Å². The van der Waals surface area contributed by atoms with Crippen molar-refractivity contribution in [2.75, 3.05) is 20.8 Å². The van der Waals surface area contributed by atoms with Gasteiger partial charge in [-0.2, -0.15) is 0 Å². The van der Waals surface area contributed by atoms with Gasteiger partial charge in [0.05, 0.1) is 19.8 Å². The summed E-state index contributed by atoms with van der Waals surface area (Å²) >= 11 is 0. The number of hydrogen-bond donors (Lipinski definition) is 0. The molecule has 1 atom stereocenters. The fraction of sp³-hybridized carbons (Fsp3) is 0.241. The Morgan fingerprint density at radius 2 is 1.49 bits per heavy atom. The quantitative estimate of drug-likeness (QED) is 0.357. The maximum atomic E-state index is 6.33. The first-order chi connectivity index (χ1) is 17.2. The molecule has 178 valence electrons. The van der Waals surface area contributed by atoms with Crippen LogP contribution in [0.25, 0.3) is 11.1 Å². The van der Waals surface area contributed by atoms with Gasteiger partial charge in [0.25, 0.3) is 0 Å². The Hall–Kier alpha value is -3.90. The Kier molecular flexibility index (Phi) is 6.91. The number of fused-ring (bicyclic) bond motifs is 1. The van der Waals surface area contributed by atoms with Crippen molar-refractivity contribution in [2.24, 2.45) is 0 Å². The highest BCUT2D eigenvalue weighted by atomic mass is 16.5. The van der Waals surface area contributed by atoms with E-state index >= 15 is 0 Å². The third-order valence-corrected chi connectivity index (χ3v) is 6.41. The second kappa shape index (κ2) is 10.6. The lowest BCUT2D eigenvalue weighted by Crippen LogP contribution is -2.42. The fourth-order valence-corrected chi connectivity index (χ4v) is 4.63. The molecular formula is C29H29N3O3. The second-order valence-corrected chi connectivity index (χ2v) is 8.64. The zero-order valence-electron chi connectivity index (χ0n) is 20.1. The molecule has 2 heterocycles. The molecule has 1 aliphatic heterocycles. The van der Waals surface area contributed by atoms with Crippen LogP contribution in [0.15, 0.2) is 84.9 Å². The van der Waals surface area contributed by atoms with Crippen LogP contribution in [0.2, 0.25) is 0 Å². The number of hydrogen-bond acceptors (Lipinski definition) is 6. The second-order valence-electron chi connectivity index (χ2n) is 8.64. The molecule has 0 bridgehead atoms. The predicted molar refractivity (Wildman–Crippen MR) is 136 cm³/mol. The van der Waals surface area contributed by atoms with Crippen LogP contribution in [-0.4, -0.2) is 42.0 Å². The number of rotatable bonds is 8. The molecule has 35 heavy (non-hydrogen) atoms. The molecule has 6 nitrogen and oxygen atoms in total. The Labute approximate surface area is 206 Å². The summed E-state index contributed by atoms with van der Waals surface area (Å²) < 4.78 is 17.2. The summed E-state index contributed by atoms with van der Waals surface area (Å²) in [5.74, 6) is 1.81. The summed E-state index contributed by atoms with van der Waals surface area (Å²) in [7, 11) is 3.20.